The average Bonchev–Trinajstić information content (AvgIpc) is 2.24. The van der Waals surface area contributed by atoms with Crippen molar-refractivity contribution in [2.75, 3.05) is 0 Å². The fraction of sp³-hybridized carbons (Fsp3) is 0.286. The molecule has 2 N–H and O–H groups in total. The first-order valence-electron chi connectivity index (χ1n) is 5.76. The summed E-state index contributed by atoms with van der Waals surface area (Å²) < 4.78 is 12.9. The average molecular weight is 265 g/mol. The normalized spacial score (nSPS) is 11.5. The van der Waals surface area contributed by atoms with Gasteiger partial charge in [-0.15, -0.1) is 0 Å². The molecular formula is C14H16FNO3. The van der Waals surface area contributed by atoms with E-state index in [9.17, 15) is 14.0 Å². The van der Waals surface area contributed by atoms with Gasteiger partial charge in [0.15, 0.2) is 0 Å². The zero-order chi connectivity index (χ0) is 14.5. The van der Waals surface area contributed by atoms with E-state index < -0.39 is 17.4 Å². The van der Waals surface area contributed by atoms with Gasteiger partial charge in [0.25, 0.3) is 0 Å². The first-order valence-corrected chi connectivity index (χ1v) is 5.76. The number of carboxylic acid groups (broad SMARTS) is 1. The number of rotatable bonds is 5. The van der Waals surface area contributed by atoms with Crippen LogP contribution >= 0.6 is 0 Å². The second-order valence-corrected chi connectivity index (χ2v) is 4.83. The quantitative estimate of drug-likeness (QED) is 0.802. The molecule has 0 aromatic heterocycles. The zero-order valence-corrected chi connectivity index (χ0v) is 10.8. The van der Waals surface area contributed by atoms with Crippen LogP contribution in [0.5, 0.6) is 0 Å². The van der Waals surface area contributed by atoms with Crippen molar-refractivity contribution in [3.8, 4) is 0 Å². The molecular weight excluding hydrogens is 249 g/mol. The van der Waals surface area contributed by atoms with Crippen LogP contribution in [-0.4, -0.2) is 22.5 Å². The molecule has 0 unspecified atom stereocenters. The van der Waals surface area contributed by atoms with Gasteiger partial charge < -0.3 is 10.4 Å². The number of halogens is 1. The highest BCUT2D eigenvalue weighted by Gasteiger charge is 2.22. The Morgan fingerprint density at radius 3 is 2.68 bits per heavy atom. The molecule has 0 saturated heterocycles. The molecule has 19 heavy (non-hydrogen) atoms. The standard InChI is InChI=1S/C14H16FNO3/c1-14(2,9-13(18)19)16-12(17)7-6-10-4-3-5-11(15)8-10/h3-8H,9H2,1-2H3,(H,16,17)(H,18,19). The Labute approximate surface area is 110 Å². The lowest BCUT2D eigenvalue weighted by molar-refractivity contribution is -0.138. The Morgan fingerprint density at radius 2 is 2.11 bits per heavy atom. The van der Waals surface area contributed by atoms with Crippen LogP contribution in [-0.2, 0) is 9.59 Å². The van der Waals surface area contributed by atoms with Crippen molar-refractivity contribution >= 4 is 18.0 Å². The minimum atomic E-state index is -0.987. The molecule has 1 aromatic carbocycles. The molecule has 1 aromatic rings. The van der Waals surface area contributed by atoms with Crippen molar-refractivity contribution in [3.05, 3.63) is 41.7 Å². The fourth-order valence-corrected chi connectivity index (χ4v) is 1.58. The predicted molar refractivity (Wildman–Crippen MR) is 69.9 cm³/mol. The number of carbonyl (C=O) groups excluding carboxylic acids is 1. The third-order valence-electron chi connectivity index (χ3n) is 2.33. The van der Waals surface area contributed by atoms with Crippen LogP contribution < -0.4 is 5.32 Å². The van der Waals surface area contributed by atoms with Crippen molar-refractivity contribution in [1.29, 1.82) is 0 Å². The molecule has 102 valence electrons. The Kier molecular flexibility index (Phi) is 4.80. The largest absolute Gasteiger partial charge is 0.481 e. The van der Waals surface area contributed by atoms with Gasteiger partial charge in [-0.05, 0) is 37.6 Å². The molecule has 5 heteroatoms. The Hall–Kier alpha value is -2.17. The monoisotopic (exact) mass is 265 g/mol. The van der Waals surface area contributed by atoms with Crippen molar-refractivity contribution < 1.29 is 19.1 Å². The van der Waals surface area contributed by atoms with E-state index in [1.807, 2.05) is 0 Å². The smallest absolute Gasteiger partial charge is 0.305 e. The number of benzene rings is 1. The van der Waals surface area contributed by atoms with E-state index in [0.29, 0.717) is 5.56 Å². The second-order valence-electron chi connectivity index (χ2n) is 4.83. The summed E-state index contributed by atoms with van der Waals surface area (Å²) in [4.78, 5) is 22.2. The van der Waals surface area contributed by atoms with E-state index in [2.05, 4.69) is 5.32 Å². The van der Waals surface area contributed by atoms with Crippen LogP contribution in [0.15, 0.2) is 30.3 Å². The number of aliphatic carboxylic acids is 1. The predicted octanol–water partition coefficient (Wildman–Crippen LogP) is 2.21. The van der Waals surface area contributed by atoms with E-state index in [4.69, 9.17) is 5.11 Å². The molecule has 0 atom stereocenters. The van der Waals surface area contributed by atoms with E-state index in [0.717, 1.165) is 0 Å². The van der Waals surface area contributed by atoms with Gasteiger partial charge in [0.2, 0.25) is 5.91 Å². The highest BCUT2D eigenvalue weighted by molar-refractivity contribution is 5.92. The minimum Gasteiger partial charge on any atom is -0.481 e. The van der Waals surface area contributed by atoms with Gasteiger partial charge >= 0.3 is 5.97 Å². The number of nitrogens with one attached hydrogen (secondary N) is 1. The molecule has 0 fully saturated rings. The van der Waals surface area contributed by atoms with Crippen LogP contribution in [0.25, 0.3) is 6.08 Å². The molecule has 0 spiro atoms. The van der Waals surface area contributed by atoms with E-state index >= 15 is 0 Å². The Morgan fingerprint density at radius 1 is 1.42 bits per heavy atom. The number of hydrogen-bond donors (Lipinski definition) is 2. The molecule has 0 aliphatic rings. The minimum absolute atomic E-state index is 0.174. The molecule has 0 heterocycles. The molecule has 1 rings (SSSR count). The number of carbonyl (C=O) groups is 2. The molecule has 0 bridgehead atoms. The third kappa shape index (κ3) is 5.81. The Bertz CT molecular complexity index is 509. The topological polar surface area (TPSA) is 66.4 Å². The van der Waals surface area contributed by atoms with Gasteiger partial charge in [0, 0.05) is 11.6 Å². The van der Waals surface area contributed by atoms with Crippen molar-refractivity contribution in [3.63, 3.8) is 0 Å². The van der Waals surface area contributed by atoms with Crippen molar-refractivity contribution in [2.24, 2.45) is 0 Å². The van der Waals surface area contributed by atoms with Crippen LogP contribution in [0.1, 0.15) is 25.8 Å². The summed E-state index contributed by atoms with van der Waals surface area (Å²) in [6.45, 7) is 3.24. The van der Waals surface area contributed by atoms with E-state index in [1.54, 1.807) is 26.0 Å². The maximum absolute atomic E-state index is 12.9. The lowest BCUT2D eigenvalue weighted by atomic mass is 10.0. The van der Waals surface area contributed by atoms with Gasteiger partial charge in [-0.2, -0.15) is 0 Å². The highest BCUT2D eigenvalue weighted by Crippen LogP contribution is 2.09. The van der Waals surface area contributed by atoms with Gasteiger partial charge in [-0.1, -0.05) is 12.1 Å². The first kappa shape index (κ1) is 14.9. The van der Waals surface area contributed by atoms with E-state index in [1.165, 1.54) is 24.3 Å². The SMILES string of the molecule is CC(C)(CC(=O)O)NC(=O)C=Cc1cccc(F)c1. The molecule has 0 radical (unpaired) electrons. The zero-order valence-electron chi connectivity index (χ0n) is 10.8. The fourth-order valence-electron chi connectivity index (χ4n) is 1.58. The van der Waals surface area contributed by atoms with Crippen LogP contribution in [0, 0.1) is 5.82 Å². The molecule has 0 aliphatic heterocycles. The summed E-state index contributed by atoms with van der Waals surface area (Å²) in [6.07, 6.45) is 2.54. The van der Waals surface area contributed by atoms with Crippen molar-refractivity contribution in [2.45, 2.75) is 25.8 Å². The number of amides is 1. The van der Waals surface area contributed by atoms with Gasteiger partial charge in [-0.25, -0.2) is 4.39 Å². The summed E-state index contributed by atoms with van der Waals surface area (Å²) in [5.41, 5.74) is -0.277. The van der Waals surface area contributed by atoms with Gasteiger partial charge in [-0.3, -0.25) is 9.59 Å². The second kappa shape index (κ2) is 6.13. The highest BCUT2D eigenvalue weighted by atomic mass is 19.1. The number of carboxylic acids is 1. The first-order chi connectivity index (χ1) is 8.78. The van der Waals surface area contributed by atoms with Crippen molar-refractivity contribution in [1.82, 2.24) is 5.32 Å². The summed E-state index contributed by atoms with van der Waals surface area (Å²) in [5, 5.41) is 11.3. The summed E-state index contributed by atoms with van der Waals surface area (Å²) in [6, 6.07) is 5.82. The third-order valence-corrected chi connectivity index (χ3v) is 2.33. The van der Waals surface area contributed by atoms with Gasteiger partial charge in [0.05, 0.1) is 6.42 Å². The summed E-state index contributed by atoms with van der Waals surface area (Å²) >= 11 is 0. The Balaban J connectivity index is 2.63. The molecule has 4 nitrogen and oxygen atoms in total. The lowest BCUT2D eigenvalue weighted by Gasteiger charge is -2.23. The van der Waals surface area contributed by atoms with Gasteiger partial charge in [0.1, 0.15) is 5.82 Å². The summed E-state index contributed by atoms with van der Waals surface area (Å²) in [7, 11) is 0. The number of hydrogen-bond acceptors (Lipinski definition) is 2. The maximum Gasteiger partial charge on any atom is 0.305 e. The van der Waals surface area contributed by atoms with E-state index in [-0.39, 0.29) is 12.2 Å². The van der Waals surface area contributed by atoms with Crippen LogP contribution in [0.3, 0.4) is 0 Å². The van der Waals surface area contributed by atoms with Crippen LogP contribution in [0.4, 0.5) is 4.39 Å². The maximum atomic E-state index is 12.9. The lowest BCUT2D eigenvalue weighted by Crippen LogP contribution is -2.44. The molecule has 0 aliphatic carbocycles. The molecule has 0 saturated carbocycles. The van der Waals surface area contributed by atoms with Crippen LogP contribution in [0.2, 0.25) is 0 Å². The molecule has 1 amide bonds. The summed E-state index contributed by atoms with van der Waals surface area (Å²) in [5.74, 6) is -1.79.